The van der Waals surface area contributed by atoms with Crippen molar-refractivity contribution < 1.29 is 9.53 Å². The van der Waals surface area contributed by atoms with Crippen molar-refractivity contribution in [3.63, 3.8) is 0 Å². The zero-order valence-corrected chi connectivity index (χ0v) is 14.5. The summed E-state index contributed by atoms with van der Waals surface area (Å²) in [6.45, 7) is 4.61. The van der Waals surface area contributed by atoms with E-state index in [1.165, 1.54) is 0 Å². The first-order valence-corrected chi connectivity index (χ1v) is 8.45. The van der Waals surface area contributed by atoms with Gasteiger partial charge in [0.2, 0.25) is 5.91 Å². The summed E-state index contributed by atoms with van der Waals surface area (Å²) in [6, 6.07) is 11.6. The largest absolute Gasteiger partial charge is 0.497 e. The maximum Gasteiger partial charge on any atom is 0.234 e. The average Bonchev–Trinajstić information content (AvgIpc) is 2.58. The summed E-state index contributed by atoms with van der Waals surface area (Å²) in [5.41, 5.74) is 0.995. The van der Waals surface area contributed by atoms with Crippen LogP contribution in [0.25, 0.3) is 0 Å². The quantitative estimate of drug-likeness (QED) is 0.789. The van der Waals surface area contributed by atoms with E-state index in [0.717, 1.165) is 16.2 Å². The van der Waals surface area contributed by atoms with Crippen molar-refractivity contribution in [2.45, 2.75) is 30.5 Å². The molecule has 1 aromatic heterocycles. The number of aromatic nitrogens is 1. The number of nitrogens with one attached hydrogen (secondary N) is 1. The molecule has 0 unspecified atom stereocenters. The van der Waals surface area contributed by atoms with E-state index < -0.39 is 0 Å². The fraction of sp³-hybridized carbons (Fsp3) is 0.333. The molecule has 1 atom stereocenters. The van der Waals surface area contributed by atoms with E-state index in [-0.39, 0.29) is 17.1 Å². The third kappa shape index (κ3) is 5.28. The lowest BCUT2D eigenvalue weighted by Gasteiger charge is -2.20. The summed E-state index contributed by atoms with van der Waals surface area (Å²) in [5.74, 6) is 1.06. The Kier molecular flexibility index (Phi) is 6.47. The standard InChI is InChI=1S/C18H22N2O2S/c1-13(2)17(23-16-8-4-7-15(10-16)22-3)18(21)20-12-14-6-5-9-19-11-14/h4-11,13,17H,12H2,1-3H3,(H,20,21)/t17-/m1/s1. The number of thioether (sulfide) groups is 1. The monoisotopic (exact) mass is 330 g/mol. The van der Waals surface area contributed by atoms with Crippen LogP contribution in [0.3, 0.4) is 0 Å². The number of pyridine rings is 1. The molecule has 1 heterocycles. The number of methoxy groups -OCH3 is 1. The van der Waals surface area contributed by atoms with Gasteiger partial charge in [0.1, 0.15) is 5.75 Å². The number of carbonyl (C=O) groups is 1. The predicted octanol–water partition coefficient (Wildman–Crippen LogP) is 3.52. The maximum atomic E-state index is 12.5. The lowest BCUT2D eigenvalue weighted by Crippen LogP contribution is -2.35. The third-order valence-corrected chi connectivity index (χ3v) is 4.90. The average molecular weight is 330 g/mol. The summed E-state index contributed by atoms with van der Waals surface area (Å²) in [4.78, 5) is 17.6. The minimum absolute atomic E-state index is 0.0386. The molecule has 0 saturated heterocycles. The number of benzene rings is 1. The van der Waals surface area contributed by atoms with Crippen LogP contribution in [-0.4, -0.2) is 23.3 Å². The molecule has 0 spiro atoms. The van der Waals surface area contributed by atoms with Gasteiger partial charge in [-0.05, 0) is 35.7 Å². The van der Waals surface area contributed by atoms with Crippen LogP contribution in [0.5, 0.6) is 5.75 Å². The van der Waals surface area contributed by atoms with Gasteiger partial charge in [0.25, 0.3) is 0 Å². The Bertz CT molecular complexity index is 632. The van der Waals surface area contributed by atoms with Crippen molar-refractivity contribution in [1.82, 2.24) is 10.3 Å². The summed E-state index contributed by atoms with van der Waals surface area (Å²) >= 11 is 1.56. The van der Waals surface area contributed by atoms with Gasteiger partial charge in [-0.25, -0.2) is 0 Å². The van der Waals surface area contributed by atoms with Gasteiger partial charge in [-0.2, -0.15) is 0 Å². The Morgan fingerprint density at radius 2 is 2.13 bits per heavy atom. The van der Waals surface area contributed by atoms with E-state index in [1.54, 1.807) is 31.3 Å². The summed E-state index contributed by atoms with van der Waals surface area (Å²) < 4.78 is 5.24. The molecule has 0 aliphatic rings. The van der Waals surface area contributed by atoms with Gasteiger partial charge in [0, 0.05) is 23.8 Å². The molecule has 1 aromatic carbocycles. The van der Waals surface area contributed by atoms with Crippen molar-refractivity contribution in [3.05, 3.63) is 54.4 Å². The molecule has 5 heteroatoms. The minimum atomic E-state index is -0.154. The predicted molar refractivity (Wildman–Crippen MR) is 93.6 cm³/mol. The lowest BCUT2D eigenvalue weighted by atomic mass is 10.1. The van der Waals surface area contributed by atoms with Gasteiger partial charge < -0.3 is 10.1 Å². The summed E-state index contributed by atoms with van der Waals surface area (Å²) in [5, 5.41) is 2.84. The normalized spacial score (nSPS) is 12.0. The van der Waals surface area contributed by atoms with E-state index in [9.17, 15) is 4.79 Å². The number of ether oxygens (including phenoxy) is 1. The van der Waals surface area contributed by atoms with Crippen LogP contribution < -0.4 is 10.1 Å². The first-order valence-electron chi connectivity index (χ1n) is 7.57. The molecule has 1 amide bonds. The molecule has 1 N–H and O–H groups in total. The fourth-order valence-electron chi connectivity index (χ4n) is 2.11. The molecule has 0 saturated carbocycles. The van der Waals surface area contributed by atoms with Crippen molar-refractivity contribution in [3.8, 4) is 5.75 Å². The Labute approximate surface area is 141 Å². The first kappa shape index (κ1) is 17.3. The SMILES string of the molecule is COc1cccc(S[C@@H](C(=O)NCc2cccnc2)C(C)C)c1. The molecule has 2 aromatic rings. The topological polar surface area (TPSA) is 51.2 Å². The molecule has 4 nitrogen and oxygen atoms in total. The van der Waals surface area contributed by atoms with E-state index in [2.05, 4.69) is 24.1 Å². The smallest absolute Gasteiger partial charge is 0.234 e. The number of hydrogen-bond donors (Lipinski definition) is 1. The number of amides is 1. The highest BCUT2D eigenvalue weighted by Crippen LogP contribution is 2.30. The molecule has 122 valence electrons. The third-order valence-electron chi connectivity index (χ3n) is 3.36. The molecule has 0 bridgehead atoms. The number of carbonyl (C=O) groups excluding carboxylic acids is 1. The van der Waals surface area contributed by atoms with Crippen LogP contribution >= 0.6 is 11.8 Å². The van der Waals surface area contributed by atoms with Crippen LogP contribution in [0.15, 0.2) is 53.7 Å². The molecular formula is C18H22N2O2S. The highest BCUT2D eigenvalue weighted by Gasteiger charge is 2.23. The molecule has 0 radical (unpaired) electrons. The Balaban J connectivity index is 2.00. The first-order chi connectivity index (χ1) is 11.1. The molecule has 2 rings (SSSR count). The number of nitrogens with zero attached hydrogens (tertiary/aromatic N) is 1. The van der Waals surface area contributed by atoms with Crippen LogP contribution in [0, 0.1) is 5.92 Å². The second kappa shape index (κ2) is 8.58. The van der Waals surface area contributed by atoms with E-state index >= 15 is 0 Å². The van der Waals surface area contributed by atoms with Crippen LogP contribution in [0.4, 0.5) is 0 Å². The summed E-state index contributed by atoms with van der Waals surface area (Å²) in [6.07, 6.45) is 3.49. The summed E-state index contributed by atoms with van der Waals surface area (Å²) in [7, 11) is 1.64. The van der Waals surface area contributed by atoms with Crippen molar-refractivity contribution >= 4 is 17.7 Å². The fourth-order valence-corrected chi connectivity index (χ4v) is 3.20. The molecular weight excluding hydrogens is 308 g/mol. The molecule has 0 fully saturated rings. The lowest BCUT2D eigenvalue weighted by molar-refractivity contribution is -0.121. The van der Waals surface area contributed by atoms with Gasteiger partial charge in [-0.15, -0.1) is 11.8 Å². The second-order valence-corrected chi connectivity index (χ2v) is 6.76. The van der Waals surface area contributed by atoms with Gasteiger partial charge >= 0.3 is 0 Å². The second-order valence-electron chi connectivity index (χ2n) is 5.54. The highest BCUT2D eigenvalue weighted by atomic mass is 32.2. The van der Waals surface area contributed by atoms with Gasteiger partial charge in [0.15, 0.2) is 0 Å². The van der Waals surface area contributed by atoms with Gasteiger partial charge in [-0.1, -0.05) is 26.0 Å². The van der Waals surface area contributed by atoms with Crippen LogP contribution in [-0.2, 0) is 11.3 Å². The van der Waals surface area contributed by atoms with E-state index in [4.69, 9.17) is 4.74 Å². The van der Waals surface area contributed by atoms with Crippen LogP contribution in [0.1, 0.15) is 19.4 Å². The Hall–Kier alpha value is -2.01. The van der Waals surface area contributed by atoms with Crippen LogP contribution in [0.2, 0.25) is 0 Å². The molecule has 0 aliphatic heterocycles. The Morgan fingerprint density at radius 3 is 2.78 bits per heavy atom. The van der Waals surface area contributed by atoms with Crippen molar-refractivity contribution in [2.75, 3.05) is 7.11 Å². The zero-order chi connectivity index (χ0) is 16.7. The number of rotatable bonds is 7. The van der Waals surface area contributed by atoms with Gasteiger partial charge in [0.05, 0.1) is 12.4 Å². The molecule has 0 aliphatic carbocycles. The highest BCUT2D eigenvalue weighted by molar-refractivity contribution is 8.00. The number of hydrogen-bond acceptors (Lipinski definition) is 4. The maximum absolute atomic E-state index is 12.5. The van der Waals surface area contributed by atoms with Crippen molar-refractivity contribution in [1.29, 1.82) is 0 Å². The van der Waals surface area contributed by atoms with Crippen molar-refractivity contribution in [2.24, 2.45) is 5.92 Å². The van der Waals surface area contributed by atoms with E-state index in [0.29, 0.717) is 6.54 Å². The Morgan fingerprint density at radius 1 is 1.30 bits per heavy atom. The molecule has 23 heavy (non-hydrogen) atoms. The minimum Gasteiger partial charge on any atom is -0.497 e. The zero-order valence-electron chi connectivity index (χ0n) is 13.7. The van der Waals surface area contributed by atoms with E-state index in [1.807, 2.05) is 36.4 Å². The van der Waals surface area contributed by atoms with Gasteiger partial charge in [-0.3, -0.25) is 9.78 Å².